The fraction of sp³-hybridized carbons (Fsp3) is 0.444. The minimum atomic E-state index is -0.324. The number of hydrogen-bond donors (Lipinski definition) is 1. The molecule has 1 aliphatic rings. The van der Waals surface area contributed by atoms with E-state index in [0.29, 0.717) is 5.92 Å². The van der Waals surface area contributed by atoms with Gasteiger partial charge in [0.2, 0.25) is 5.91 Å². The number of nitrogens with zero attached hydrogens (tertiary/aromatic N) is 3. The maximum Gasteiger partial charge on any atom is 0.239 e. The summed E-state index contributed by atoms with van der Waals surface area (Å²) in [6, 6.07) is 9.50. The van der Waals surface area contributed by atoms with Crippen LogP contribution in [0.2, 0.25) is 0 Å². The Morgan fingerprint density at radius 3 is 2.57 bits per heavy atom. The first-order valence-corrected chi connectivity index (χ1v) is 8.29. The van der Waals surface area contributed by atoms with Crippen molar-refractivity contribution in [2.45, 2.75) is 38.3 Å². The Bertz CT molecular complexity index is 644. The van der Waals surface area contributed by atoms with Gasteiger partial charge in [-0.1, -0.05) is 30.3 Å². The van der Waals surface area contributed by atoms with Crippen molar-refractivity contribution in [2.24, 2.45) is 5.73 Å². The molecular weight excluding hydrogens is 288 g/mol. The number of hydrogen-bond acceptors (Lipinski definition) is 3. The number of carbonyl (C=O) groups is 1. The number of benzene rings is 1. The lowest BCUT2D eigenvalue weighted by Crippen LogP contribution is -2.42. The zero-order valence-corrected chi connectivity index (χ0v) is 13.6. The van der Waals surface area contributed by atoms with E-state index in [-0.39, 0.29) is 11.9 Å². The van der Waals surface area contributed by atoms with E-state index >= 15 is 0 Å². The first-order valence-electron chi connectivity index (χ1n) is 8.29. The smallest absolute Gasteiger partial charge is 0.239 e. The number of rotatable bonds is 5. The van der Waals surface area contributed by atoms with Crippen molar-refractivity contribution in [3.05, 3.63) is 53.9 Å². The summed E-state index contributed by atoms with van der Waals surface area (Å²) >= 11 is 0. The lowest BCUT2D eigenvalue weighted by atomic mass is 9.90. The molecule has 0 spiro atoms. The molecule has 0 bridgehead atoms. The molecule has 1 saturated heterocycles. The van der Waals surface area contributed by atoms with E-state index in [9.17, 15) is 4.79 Å². The van der Waals surface area contributed by atoms with Crippen molar-refractivity contribution in [3.8, 4) is 0 Å². The summed E-state index contributed by atoms with van der Waals surface area (Å²) in [6.45, 7) is 4.75. The average molecular weight is 312 g/mol. The Labute approximate surface area is 137 Å². The maximum absolute atomic E-state index is 12.0. The fourth-order valence-electron chi connectivity index (χ4n) is 3.44. The standard InChI is InChI=1S/C18H24N4O/c1-2-22-13-16(12-20-22)14-8-10-21(11-9-14)17(18(19)23)15-6-4-3-5-7-15/h3-7,12-14,17H,2,8-11H2,1H3,(H2,19,23)/t17-/m1/s1. The van der Waals surface area contributed by atoms with E-state index in [1.165, 1.54) is 5.56 Å². The van der Waals surface area contributed by atoms with Gasteiger partial charge in [-0.25, -0.2) is 0 Å². The average Bonchev–Trinajstić information content (AvgIpc) is 3.05. The van der Waals surface area contributed by atoms with Crippen LogP contribution >= 0.6 is 0 Å². The zero-order valence-electron chi connectivity index (χ0n) is 13.6. The molecule has 0 radical (unpaired) electrons. The highest BCUT2D eigenvalue weighted by atomic mass is 16.1. The van der Waals surface area contributed by atoms with Crippen LogP contribution in [0.1, 0.15) is 42.9 Å². The van der Waals surface area contributed by atoms with Crippen LogP contribution in [0.25, 0.3) is 0 Å². The molecule has 1 amide bonds. The third-order valence-electron chi connectivity index (χ3n) is 4.73. The summed E-state index contributed by atoms with van der Waals surface area (Å²) in [4.78, 5) is 14.2. The number of likely N-dealkylation sites (tertiary alicyclic amines) is 1. The second-order valence-corrected chi connectivity index (χ2v) is 6.16. The summed E-state index contributed by atoms with van der Waals surface area (Å²) in [5, 5.41) is 4.37. The third-order valence-corrected chi connectivity index (χ3v) is 4.73. The highest BCUT2D eigenvalue weighted by molar-refractivity contribution is 5.81. The Kier molecular flexibility index (Phi) is 4.76. The predicted molar refractivity (Wildman–Crippen MR) is 89.8 cm³/mol. The molecule has 23 heavy (non-hydrogen) atoms. The minimum Gasteiger partial charge on any atom is -0.368 e. The molecule has 0 unspecified atom stereocenters. The number of nitrogens with two attached hydrogens (primary N) is 1. The molecule has 1 aliphatic heterocycles. The lowest BCUT2D eigenvalue weighted by Gasteiger charge is -2.36. The van der Waals surface area contributed by atoms with Crippen LogP contribution < -0.4 is 5.73 Å². The summed E-state index contributed by atoms with van der Waals surface area (Å²) in [7, 11) is 0. The zero-order chi connectivity index (χ0) is 16.2. The fourth-order valence-corrected chi connectivity index (χ4v) is 3.44. The molecule has 3 rings (SSSR count). The SMILES string of the molecule is CCn1cc(C2CCN([C@@H](C(N)=O)c3ccccc3)CC2)cn1. The monoisotopic (exact) mass is 312 g/mol. The molecule has 0 aliphatic carbocycles. The van der Waals surface area contributed by atoms with E-state index in [1.54, 1.807) is 0 Å². The summed E-state index contributed by atoms with van der Waals surface area (Å²) in [5.41, 5.74) is 7.96. The van der Waals surface area contributed by atoms with Gasteiger partial charge in [0.25, 0.3) is 0 Å². The lowest BCUT2D eigenvalue weighted by molar-refractivity contribution is -0.124. The first-order chi connectivity index (χ1) is 11.2. The van der Waals surface area contributed by atoms with E-state index in [2.05, 4.69) is 23.1 Å². The van der Waals surface area contributed by atoms with Crippen molar-refractivity contribution in [1.82, 2.24) is 14.7 Å². The van der Waals surface area contributed by atoms with E-state index < -0.39 is 0 Å². The van der Waals surface area contributed by atoms with Crippen molar-refractivity contribution < 1.29 is 4.79 Å². The Morgan fingerprint density at radius 2 is 2.00 bits per heavy atom. The van der Waals surface area contributed by atoms with Gasteiger partial charge in [0, 0.05) is 12.7 Å². The van der Waals surface area contributed by atoms with Gasteiger partial charge < -0.3 is 5.73 Å². The molecule has 1 aromatic carbocycles. The number of piperidine rings is 1. The van der Waals surface area contributed by atoms with Crippen LogP contribution in [0.5, 0.6) is 0 Å². The largest absolute Gasteiger partial charge is 0.368 e. The third kappa shape index (κ3) is 3.45. The van der Waals surface area contributed by atoms with Gasteiger partial charge in [0.1, 0.15) is 6.04 Å². The van der Waals surface area contributed by atoms with Gasteiger partial charge >= 0.3 is 0 Å². The van der Waals surface area contributed by atoms with Gasteiger partial charge in [-0.05, 0) is 49.9 Å². The molecule has 2 N–H and O–H groups in total. The normalized spacial score (nSPS) is 18.0. The van der Waals surface area contributed by atoms with Crippen LogP contribution in [0.15, 0.2) is 42.7 Å². The molecule has 2 aromatic rings. The predicted octanol–water partition coefficient (Wildman–Crippen LogP) is 2.31. The van der Waals surface area contributed by atoms with Crippen molar-refractivity contribution in [3.63, 3.8) is 0 Å². The van der Waals surface area contributed by atoms with Crippen LogP contribution in [0.4, 0.5) is 0 Å². The molecule has 1 aromatic heterocycles. The molecule has 5 nitrogen and oxygen atoms in total. The van der Waals surface area contributed by atoms with Crippen molar-refractivity contribution in [2.75, 3.05) is 13.1 Å². The molecule has 2 heterocycles. The Hall–Kier alpha value is -2.14. The molecule has 1 atom stereocenters. The number of amides is 1. The van der Waals surface area contributed by atoms with Crippen LogP contribution in [0.3, 0.4) is 0 Å². The summed E-state index contributed by atoms with van der Waals surface area (Å²) in [6.07, 6.45) is 6.19. The molecule has 0 saturated carbocycles. The second-order valence-electron chi connectivity index (χ2n) is 6.16. The summed E-state index contributed by atoms with van der Waals surface area (Å²) in [5.74, 6) is 0.254. The quantitative estimate of drug-likeness (QED) is 0.921. The van der Waals surface area contributed by atoms with E-state index in [0.717, 1.165) is 38.0 Å². The van der Waals surface area contributed by atoms with Crippen molar-refractivity contribution in [1.29, 1.82) is 0 Å². The van der Waals surface area contributed by atoms with Gasteiger partial charge in [-0.15, -0.1) is 0 Å². The minimum absolute atomic E-state index is 0.270. The van der Waals surface area contributed by atoms with Crippen molar-refractivity contribution >= 4 is 5.91 Å². The van der Waals surface area contributed by atoms with Gasteiger partial charge in [-0.2, -0.15) is 5.10 Å². The van der Waals surface area contributed by atoms with Gasteiger partial charge in [0.15, 0.2) is 0 Å². The topological polar surface area (TPSA) is 64.2 Å². The number of carbonyl (C=O) groups excluding carboxylic acids is 1. The highest BCUT2D eigenvalue weighted by Crippen LogP contribution is 2.32. The van der Waals surface area contributed by atoms with E-state index in [4.69, 9.17) is 5.73 Å². The first kappa shape index (κ1) is 15.7. The van der Waals surface area contributed by atoms with Crippen LogP contribution in [0, 0.1) is 0 Å². The van der Waals surface area contributed by atoms with Crippen LogP contribution in [-0.2, 0) is 11.3 Å². The highest BCUT2D eigenvalue weighted by Gasteiger charge is 2.30. The Morgan fingerprint density at radius 1 is 1.30 bits per heavy atom. The Balaban J connectivity index is 1.68. The molecule has 5 heteroatoms. The van der Waals surface area contributed by atoms with Gasteiger partial charge in [0.05, 0.1) is 6.20 Å². The molecule has 122 valence electrons. The summed E-state index contributed by atoms with van der Waals surface area (Å²) < 4.78 is 1.97. The number of aryl methyl sites for hydroxylation is 1. The van der Waals surface area contributed by atoms with Crippen LogP contribution in [-0.4, -0.2) is 33.7 Å². The van der Waals surface area contributed by atoms with E-state index in [1.807, 2.05) is 41.2 Å². The second kappa shape index (κ2) is 6.96. The number of aromatic nitrogens is 2. The molecule has 1 fully saturated rings. The molecular formula is C18H24N4O. The maximum atomic E-state index is 12.0. The van der Waals surface area contributed by atoms with Gasteiger partial charge in [-0.3, -0.25) is 14.4 Å². The number of primary amides is 1.